The summed E-state index contributed by atoms with van der Waals surface area (Å²) in [4.78, 5) is 4.55. The highest BCUT2D eigenvalue weighted by Gasteiger charge is 2.11. The van der Waals surface area contributed by atoms with Gasteiger partial charge >= 0.3 is 0 Å². The highest BCUT2D eigenvalue weighted by Crippen LogP contribution is 2.18. The zero-order chi connectivity index (χ0) is 16.4. The summed E-state index contributed by atoms with van der Waals surface area (Å²) in [5.41, 5.74) is -0.00189. The maximum atomic E-state index is 5.70. The number of benzene rings is 1. The second kappa shape index (κ2) is 9.18. The van der Waals surface area contributed by atoms with Crippen molar-refractivity contribution in [3.05, 3.63) is 24.3 Å². The Morgan fingerprint density at radius 3 is 2.59 bits per heavy atom. The monoisotopic (exact) mass is 307 g/mol. The van der Waals surface area contributed by atoms with Gasteiger partial charge in [-0.25, -0.2) is 0 Å². The second-order valence-electron chi connectivity index (χ2n) is 6.02. The summed E-state index contributed by atoms with van der Waals surface area (Å²) in [5, 5.41) is 6.61. The smallest absolute Gasteiger partial charge is 0.191 e. The van der Waals surface area contributed by atoms with E-state index in [1.54, 1.807) is 7.11 Å². The topological polar surface area (TPSA) is 54.9 Å². The Morgan fingerprint density at radius 2 is 1.95 bits per heavy atom. The molecule has 1 aromatic rings. The molecule has 0 aliphatic heterocycles. The van der Waals surface area contributed by atoms with Crippen LogP contribution in [-0.4, -0.2) is 38.3 Å². The van der Waals surface area contributed by atoms with Gasteiger partial charge in [-0.1, -0.05) is 6.07 Å². The molecule has 5 nitrogen and oxygen atoms in total. The van der Waals surface area contributed by atoms with Gasteiger partial charge in [0.15, 0.2) is 5.96 Å². The third-order valence-electron chi connectivity index (χ3n) is 2.72. The zero-order valence-corrected chi connectivity index (χ0v) is 14.4. The van der Waals surface area contributed by atoms with Crippen molar-refractivity contribution in [1.82, 2.24) is 10.6 Å². The van der Waals surface area contributed by atoms with Crippen LogP contribution in [0.1, 0.15) is 34.1 Å². The van der Waals surface area contributed by atoms with E-state index >= 15 is 0 Å². The predicted octanol–water partition coefficient (Wildman–Crippen LogP) is 2.82. The van der Waals surface area contributed by atoms with E-state index in [-0.39, 0.29) is 5.54 Å². The molecule has 0 radical (unpaired) electrons. The fraction of sp³-hybridized carbons (Fsp3) is 0.588. The highest BCUT2D eigenvalue weighted by molar-refractivity contribution is 5.80. The third-order valence-corrected chi connectivity index (χ3v) is 2.72. The minimum absolute atomic E-state index is 0.00189. The molecule has 0 heterocycles. The van der Waals surface area contributed by atoms with E-state index < -0.39 is 0 Å². The van der Waals surface area contributed by atoms with Crippen molar-refractivity contribution in [3.8, 4) is 11.5 Å². The molecule has 0 saturated heterocycles. The van der Waals surface area contributed by atoms with Crippen LogP contribution in [0.4, 0.5) is 0 Å². The average Bonchev–Trinajstić information content (AvgIpc) is 2.45. The molecular formula is C17H29N3O2. The van der Waals surface area contributed by atoms with Crippen molar-refractivity contribution in [2.24, 2.45) is 4.99 Å². The lowest BCUT2D eigenvalue weighted by Crippen LogP contribution is -2.47. The van der Waals surface area contributed by atoms with E-state index in [1.807, 2.05) is 24.3 Å². The van der Waals surface area contributed by atoms with Crippen molar-refractivity contribution in [1.29, 1.82) is 0 Å². The van der Waals surface area contributed by atoms with E-state index in [4.69, 9.17) is 9.47 Å². The van der Waals surface area contributed by atoms with Crippen LogP contribution in [0, 0.1) is 0 Å². The first-order chi connectivity index (χ1) is 10.4. The summed E-state index contributed by atoms with van der Waals surface area (Å²) in [6.07, 6.45) is 0.859. The van der Waals surface area contributed by atoms with Gasteiger partial charge in [0.05, 0.1) is 13.7 Å². The van der Waals surface area contributed by atoms with Crippen molar-refractivity contribution in [3.63, 3.8) is 0 Å². The number of hydrogen-bond acceptors (Lipinski definition) is 3. The van der Waals surface area contributed by atoms with Crippen LogP contribution in [0.2, 0.25) is 0 Å². The van der Waals surface area contributed by atoms with Crippen molar-refractivity contribution in [2.45, 2.75) is 39.7 Å². The van der Waals surface area contributed by atoms with Crippen molar-refractivity contribution >= 4 is 5.96 Å². The van der Waals surface area contributed by atoms with Gasteiger partial charge in [-0.2, -0.15) is 0 Å². The lowest BCUT2D eigenvalue weighted by molar-refractivity contribution is 0.311. The largest absolute Gasteiger partial charge is 0.497 e. The van der Waals surface area contributed by atoms with Gasteiger partial charge in [-0.15, -0.1) is 0 Å². The Labute approximate surface area is 134 Å². The molecule has 0 unspecified atom stereocenters. The van der Waals surface area contributed by atoms with Crippen LogP contribution in [0.15, 0.2) is 29.3 Å². The van der Waals surface area contributed by atoms with Crippen LogP contribution in [0.25, 0.3) is 0 Å². The standard InChI is InChI=1S/C17H29N3O2/c1-6-18-16(20-17(2,3)4)19-11-8-12-22-15-10-7-9-14(13-15)21-5/h7,9-10,13H,6,8,11-12H2,1-5H3,(H2,18,19,20). The van der Waals surface area contributed by atoms with E-state index in [0.717, 1.165) is 37.0 Å². The van der Waals surface area contributed by atoms with Gasteiger partial charge in [0.25, 0.3) is 0 Å². The lowest BCUT2D eigenvalue weighted by atomic mass is 10.1. The molecule has 1 rings (SSSR count). The lowest BCUT2D eigenvalue weighted by Gasteiger charge is -2.23. The van der Waals surface area contributed by atoms with Crippen LogP contribution in [-0.2, 0) is 0 Å². The summed E-state index contributed by atoms with van der Waals surface area (Å²) >= 11 is 0. The molecule has 2 N–H and O–H groups in total. The third kappa shape index (κ3) is 7.76. The summed E-state index contributed by atoms with van der Waals surface area (Å²) < 4.78 is 10.9. The van der Waals surface area contributed by atoms with Gasteiger partial charge in [0.2, 0.25) is 0 Å². The fourth-order valence-corrected chi connectivity index (χ4v) is 1.80. The fourth-order valence-electron chi connectivity index (χ4n) is 1.80. The minimum Gasteiger partial charge on any atom is -0.497 e. The van der Waals surface area contributed by atoms with E-state index in [2.05, 4.69) is 43.3 Å². The molecule has 0 saturated carbocycles. The number of nitrogens with zero attached hydrogens (tertiary/aromatic N) is 1. The molecule has 1 aromatic carbocycles. The number of ether oxygens (including phenoxy) is 2. The highest BCUT2D eigenvalue weighted by atomic mass is 16.5. The Morgan fingerprint density at radius 1 is 1.23 bits per heavy atom. The summed E-state index contributed by atoms with van der Waals surface area (Å²) in [6, 6.07) is 7.63. The molecule has 0 aromatic heterocycles. The number of hydrogen-bond donors (Lipinski definition) is 2. The van der Waals surface area contributed by atoms with Gasteiger partial charge in [-0.05, 0) is 39.8 Å². The normalized spacial score (nSPS) is 12.0. The second-order valence-corrected chi connectivity index (χ2v) is 6.02. The minimum atomic E-state index is -0.00189. The average molecular weight is 307 g/mol. The van der Waals surface area contributed by atoms with Crippen LogP contribution in [0.5, 0.6) is 11.5 Å². The molecule has 5 heteroatoms. The maximum absolute atomic E-state index is 5.70. The van der Waals surface area contributed by atoms with Crippen molar-refractivity contribution in [2.75, 3.05) is 26.8 Å². The Hall–Kier alpha value is -1.91. The number of methoxy groups -OCH3 is 1. The number of guanidine groups is 1. The molecular weight excluding hydrogens is 278 g/mol. The van der Waals surface area contributed by atoms with Gasteiger partial charge in [0.1, 0.15) is 11.5 Å². The molecule has 0 amide bonds. The molecule has 0 bridgehead atoms. The summed E-state index contributed by atoms with van der Waals surface area (Å²) in [6.45, 7) is 10.6. The van der Waals surface area contributed by atoms with Crippen molar-refractivity contribution < 1.29 is 9.47 Å². The summed E-state index contributed by atoms with van der Waals surface area (Å²) in [7, 11) is 1.65. The molecule has 0 fully saturated rings. The van der Waals surface area contributed by atoms with Crippen LogP contribution in [0.3, 0.4) is 0 Å². The molecule has 0 aliphatic rings. The van der Waals surface area contributed by atoms with Gasteiger partial charge in [-0.3, -0.25) is 4.99 Å². The zero-order valence-electron chi connectivity index (χ0n) is 14.4. The Bertz CT molecular complexity index is 467. The van der Waals surface area contributed by atoms with E-state index in [1.165, 1.54) is 0 Å². The summed E-state index contributed by atoms with van der Waals surface area (Å²) in [5.74, 6) is 2.47. The maximum Gasteiger partial charge on any atom is 0.191 e. The Balaban J connectivity index is 2.36. The molecule has 124 valence electrons. The Kier molecular flexibility index (Phi) is 7.57. The number of rotatable bonds is 7. The first-order valence-electron chi connectivity index (χ1n) is 7.78. The number of aliphatic imine (C=N–C) groups is 1. The van der Waals surface area contributed by atoms with Crippen LogP contribution < -0.4 is 20.1 Å². The van der Waals surface area contributed by atoms with Gasteiger partial charge in [0, 0.05) is 31.1 Å². The first kappa shape index (κ1) is 18.1. The molecule has 0 atom stereocenters. The van der Waals surface area contributed by atoms with E-state index in [9.17, 15) is 0 Å². The van der Waals surface area contributed by atoms with Crippen LogP contribution >= 0.6 is 0 Å². The SMILES string of the molecule is CCNC(=NCCCOc1cccc(OC)c1)NC(C)(C)C. The first-order valence-corrected chi connectivity index (χ1v) is 7.78. The molecule has 0 spiro atoms. The molecule has 22 heavy (non-hydrogen) atoms. The van der Waals surface area contributed by atoms with Gasteiger partial charge < -0.3 is 20.1 Å². The number of nitrogens with one attached hydrogen (secondary N) is 2. The molecule has 0 aliphatic carbocycles. The predicted molar refractivity (Wildman–Crippen MR) is 92.0 cm³/mol. The quantitative estimate of drug-likeness (QED) is 0.462. The van der Waals surface area contributed by atoms with E-state index in [0.29, 0.717) is 6.61 Å².